The fourth-order valence-corrected chi connectivity index (χ4v) is 4.88. The molecule has 0 fully saturated rings. The van der Waals surface area contributed by atoms with E-state index in [2.05, 4.69) is 113 Å². The molecule has 0 atom stereocenters. The molecule has 3 nitrogen and oxygen atoms in total. The van der Waals surface area contributed by atoms with Crippen molar-refractivity contribution < 1.29 is 0 Å². The summed E-state index contributed by atoms with van der Waals surface area (Å²) in [6.45, 7) is 2.05. The minimum atomic E-state index is 0.901. The van der Waals surface area contributed by atoms with Gasteiger partial charge in [0.2, 0.25) is 0 Å². The predicted molar refractivity (Wildman–Crippen MR) is 163 cm³/mol. The van der Waals surface area contributed by atoms with E-state index < -0.39 is 0 Å². The molecule has 0 bridgehead atoms. The second-order valence-corrected chi connectivity index (χ2v) is 9.16. The highest BCUT2D eigenvalue weighted by molar-refractivity contribution is 6.14. The number of aromatic nitrogens is 1. The van der Waals surface area contributed by atoms with Crippen molar-refractivity contribution >= 4 is 39.5 Å². The summed E-state index contributed by atoms with van der Waals surface area (Å²) < 4.78 is 2.24. The minimum absolute atomic E-state index is 0.901. The summed E-state index contributed by atoms with van der Waals surface area (Å²) in [6, 6.07) is 44.3. The molecule has 0 unspecified atom stereocenters. The molecule has 5 aromatic carbocycles. The zero-order valence-electron chi connectivity index (χ0n) is 21.2. The van der Waals surface area contributed by atoms with Crippen molar-refractivity contribution in [2.75, 3.05) is 0 Å². The number of hydrogen-bond acceptors (Lipinski definition) is 2. The Labute approximate surface area is 222 Å². The lowest BCUT2D eigenvalue weighted by Gasteiger charge is -2.07. The number of aliphatic imine (C=N–C) groups is 2. The van der Waals surface area contributed by atoms with Gasteiger partial charge in [-0.2, -0.15) is 0 Å². The molecular formula is C35H27N3. The van der Waals surface area contributed by atoms with Crippen LogP contribution in [0.25, 0.3) is 44.1 Å². The first kappa shape index (κ1) is 23.4. The van der Waals surface area contributed by atoms with Crippen molar-refractivity contribution in [1.82, 2.24) is 4.57 Å². The standard InChI is InChI=1S/C35H27N3/c1-26(36-23-10-24-37-31-20-17-29(18-21-31)27-11-4-2-5-12-27)38-34-16-9-8-15-32(34)33-22-19-30(25-35(33)38)28-13-6-3-7-14-28/h2-25H,1H3/b23-10-,36-26?,37-24?. The molecule has 3 heteroatoms. The summed E-state index contributed by atoms with van der Waals surface area (Å²) in [5.41, 5.74) is 7.98. The van der Waals surface area contributed by atoms with E-state index >= 15 is 0 Å². The number of para-hydroxylation sites is 1. The average Bonchev–Trinajstić information content (AvgIpc) is 3.32. The topological polar surface area (TPSA) is 29.6 Å². The quantitative estimate of drug-likeness (QED) is 0.171. The van der Waals surface area contributed by atoms with Crippen molar-refractivity contribution in [2.45, 2.75) is 6.92 Å². The molecule has 38 heavy (non-hydrogen) atoms. The van der Waals surface area contributed by atoms with E-state index in [1.807, 2.05) is 37.3 Å². The van der Waals surface area contributed by atoms with Gasteiger partial charge in [0.1, 0.15) is 5.84 Å². The number of nitrogens with zero attached hydrogens (tertiary/aromatic N) is 3. The average molecular weight is 490 g/mol. The molecule has 0 amide bonds. The molecule has 0 spiro atoms. The molecule has 1 heterocycles. The maximum Gasteiger partial charge on any atom is 0.110 e. The van der Waals surface area contributed by atoms with Crippen LogP contribution < -0.4 is 0 Å². The molecule has 6 aromatic rings. The van der Waals surface area contributed by atoms with Crippen LogP contribution in [0.15, 0.2) is 150 Å². The second-order valence-electron chi connectivity index (χ2n) is 9.16. The normalized spacial score (nSPS) is 12.3. The molecule has 6 rings (SSSR count). The summed E-state index contributed by atoms with van der Waals surface area (Å²) in [5, 5.41) is 2.44. The summed E-state index contributed by atoms with van der Waals surface area (Å²) >= 11 is 0. The van der Waals surface area contributed by atoms with E-state index in [9.17, 15) is 0 Å². The molecule has 182 valence electrons. The molecule has 0 aliphatic carbocycles. The number of rotatable bonds is 5. The van der Waals surface area contributed by atoms with E-state index in [-0.39, 0.29) is 0 Å². The Hall–Kier alpha value is -5.02. The van der Waals surface area contributed by atoms with Crippen LogP contribution in [0.4, 0.5) is 5.69 Å². The fraction of sp³-hybridized carbons (Fsp3) is 0.0286. The Kier molecular flexibility index (Phi) is 6.48. The van der Waals surface area contributed by atoms with Crippen LogP contribution in [0.2, 0.25) is 0 Å². The number of fused-ring (bicyclic) bond motifs is 3. The maximum atomic E-state index is 4.76. The molecule has 0 aliphatic rings. The highest BCUT2D eigenvalue weighted by atomic mass is 15.1. The lowest BCUT2D eigenvalue weighted by atomic mass is 10.0. The number of benzene rings is 5. The molecule has 0 N–H and O–H groups in total. The van der Waals surface area contributed by atoms with Crippen molar-refractivity contribution in [3.05, 3.63) is 140 Å². The smallest absolute Gasteiger partial charge is 0.110 e. The zero-order valence-corrected chi connectivity index (χ0v) is 21.2. The van der Waals surface area contributed by atoms with Gasteiger partial charge in [0.05, 0.1) is 16.7 Å². The van der Waals surface area contributed by atoms with Gasteiger partial charge in [-0.15, -0.1) is 0 Å². The largest absolute Gasteiger partial charge is 0.297 e. The molecule has 0 aliphatic heterocycles. The van der Waals surface area contributed by atoms with Gasteiger partial charge >= 0.3 is 0 Å². The zero-order chi connectivity index (χ0) is 25.7. The number of hydrogen-bond donors (Lipinski definition) is 0. The predicted octanol–water partition coefficient (Wildman–Crippen LogP) is 9.31. The third-order valence-electron chi connectivity index (χ3n) is 6.74. The van der Waals surface area contributed by atoms with E-state index in [1.165, 1.54) is 33.0 Å². The van der Waals surface area contributed by atoms with Gasteiger partial charge in [0.25, 0.3) is 0 Å². The lowest BCUT2D eigenvalue weighted by molar-refractivity contribution is 1.24. The van der Waals surface area contributed by atoms with E-state index in [4.69, 9.17) is 4.99 Å². The van der Waals surface area contributed by atoms with Crippen molar-refractivity contribution in [3.8, 4) is 22.3 Å². The third kappa shape index (κ3) is 4.70. The van der Waals surface area contributed by atoms with Crippen LogP contribution >= 0.6 is 0 Å². The molecule has 0 saturated carbocycles. The first-order valence-corrected chi connectivity index (χ1v) is 12.8. The second kappa shape index (κ2) is 10.5. The first-order valence-electron chi connectivity index (χ1n) is 12.8. The van der Waals surface area contributed by atoms with Crippen molar-refractivity contribution in [3.63, 3.8) is 0 Å². The highest BCUT2D eigenvalue weighted by Crippen LogP contribution is 2.32. The Morgan fingerprint density at radius 3 is 1.89 bits per heavy atom. The van der Waals surface area contributed by atoms with Gasteiger partial charge < -0.3 is 0 Å². The van der Waals surface area contributed by atoms with Gasteiger partial charge in [0, 0.05) is 23.2 Å². The van der Waals surface area contributed by atoms with E-state index in [1.54, 1.807) is 12.4 Å². The van der Waals surface area contributed by atoms with Crippen molar-refractivity contribution in [1.29, 1.82) is 0 Å². The summed E-state index contributed by atoms with van der Waals surface area (Å²) in [4.78, 5) is 9.32. The lowest BCUT2D eigenvalue weighted by Crippen LogP contribution is -2.06. The monoisotopic (exact) mass is 489 g/mol. The summed E-state index contributed by atoms with van der Waals surface area (Å²) in [7, 11) is 0. The van der Waals surface area contributed by atoms with Gasteiger partial charge in [-0.05, 0) is 59.5 Å². The Bertz CT molecular complexity index is 1790. The Balaban J connectivity index is 1.27. The molecule has 1 aromatic heterocycles. The van der Waals surface area contributed by atoms with Crippen LogP contribution in [0, 0.1) is 0 Å². The maximum absolute atomic E-state index is 4.76. The first-order chi connectivity index (χ1) is 18.8. The molecule has 0 radical (unpaired) electrons. The van der Waals surface area contributed by atoms with Crippen LogP contribution in [-0.4, -0.2) is 16.6 Å². The van der Waals surface area contributed by atoms with Gasteiger partial charge in [-0.25, -0.2) is 4.99 Å². The van der Waals surface area contributed by atoms with Crippen LogP contribution in [0.5, 0.6) is 0 Å². The summed E-state index contributed by atoms with van der Waals surface area (Å²) in [5.74, 6) is 0.901. The van der Waals surface area contributed by atoms with Crippen LogP contribution in [0.3, 0.4) is 0 Å². The minimum Gasteiger partial charge on any atom is -0.297 e. The summed E-state index contributed by atoms with van der Waals surface area (Å²) in [6.07, 6.45) is 5.46. The third-order valence-corrected chi connectivity index (χ3v) is 6.74. The number of allylic oxidation sites excluding steroid dienone is 1. The highest BCUT2D eigenvalue weighted by Gasteiger charge is 2.13. The SMILES string of the molecule is CC(=N/C=C\C=Nc1ccc(-c2ccccc2)cc1)n1c2ccccc2c2ccc(-c3ccccc3)cc21. The molecular weight excluding hydrogens is 462 g/mol. The Morgan fingerprint density at radius 1 is 0.579 bits per heavy atom. The van der Waals surface area contributed by atoms with E-state index in [0.29, 0.717) is 0 Å². The fourth-order valence-electron chi connectivity index (χ4n) is 4.88. The van der Waals surface area contributed by atoms with Gasteiger partial charge in [0.15, 0.2) is 0 Å². The van der Waals surface area contributed by atoms with Crippen LogP contribution in [-0.2, 0) is 0 Å². The Morgan fingerprint density at radius 2 is 1.16 bits per heavy atom. The van der Waals surface area contributed by atoms with Crippen LogP contribution in [0.1, 0.15) is 6.92 Å². The molecule has 0 saturated heterocycles. The van der Waals surface area contributed by atoms with Gasteiger partial charge in [-0.3, -0.25) is 9.56 Å². The van der Waals surface area contributed by atoms with Crippen molar-refractivity contribution in [2.24, 2.45) is 9.98 Å². The van der Waals surface area contributed by atoms with E-state index in [0.717, 1.165) is 22.6 Å². The van der Waals surface area contributed by atoms with Gasteiger partial charge in [-0.1, -0.05) is 103 Å².